The summed E-state index contributed by atoms with van der Waals surface area (Å²) in [5, 5.41) is 14.5. The fourth-order valence-corrected chi connectivity index (χ4v) is 2.26. The Morgan fingerprint density at radius 2 is 2.10 bits per heavy atom. The van der Waals surface area contributed by atoms with E-state index in [-0.39, 0.29) is 11.3 Å². The number of carbonyl (C=O) groups excluding carboxylic acids is 1. The zero-order valence-corrected chi connectivity index (χ0v) is 12.2. The molecule has 1 aromatic carbocycles. The Bertz CT molecular complexity index is 684. The van der Waals surface area contributed by atoms with Crippen molar-refractivity contribution in [2.24, 2.45) is 0 Å². The summed E-state index contributed by atoms with van der Waals surface area (Å²) < 4.78 is 5.09. The van der Waals surface area contributed by atoms with Crippen molar-refractivity contribution >= 4 is 34.2 Å². The summed E-state index contributed by atoms with van der Waals surface area (Å²) in [7, 11) is 1.43. The van der Waals surface area contributed by atoms with Gasteiger partial charge in [0.2, 0.25) is 0 Å². The zero-order valence-electron chi connectivity index (χ0n) is 11.3. The summed E-state index contributed by atoms with van der Waals surface area (Å²) in [4.78, 5) is 27.8. The molecule has 0 saturated carbocycles. The molecule has 0 atom stereocenters. The minimum atomic E-state index is -1.09. The van der Waals surface area contributed by atoms with Crippen LogP contribution in [0.25, 0.3) is 0 Å². The number of urea groups is 1. The molecule has 0 aliphatic carbocycles. The van der Waals surface area contributed by atoms with E-state index in [1.54, 1.807) is 6.20 Å². The number of nitrogens with one attached hydrogen (secondary N) is 2. The van der Waals surface area contributed by atoms with Gasteiger partial charge in [0.25, 0.3) is 0 Å². The lowest BCUT2D eigenvalue weighted by Gasteiger charge is -2.11. The molecule has 3 N–H and O–H groups in total. The highest BCUT2D eigenvalue weighted by Crippen LogP contribution is 2.26. The predicted molar refractivity (Wildman–Crippen MR) is 79.4 cm³/mol. The molecule has 0 unspecified atom stereocenters. The molecule has 2 amide bonds. The van der Waals surface area contributed by atoms with Crippen LogP contribution in [0.4, 0.5) is 15.6 Å². The first-order valence-electron chi connectivity index (χ1n) is 5.91. The van der Waals surface area contributed by atoms with Crippen molar-refractivity contribution < 1.29 is 19.4 Å². The molecule has 2 rings (SSSR count). The highest BCUT2D eigenvalue weighted by Gasteiger charge is 2.12. The lowest BCUT2D eigenvalue weighted by Crippen LogP contribution is -2.20. The minimum absolute atomic E-state index is 0.0520. The maximum absolute atomic E-state index is 11.9. The van der Waals surface area contributed by atoms with Gasteiger partial charge >= 0.3 is 12.0 Å². The van der Waals surface area contributed by atoms with Gasteiger partial charge < -0.3 is 15.2 Å². The SMILES string of the molecule is COc1ccc(C(=O)O)cc1NC(=O)Nc1ncc(C)s1. The van der Waals surface area contributed by atoms with Crippen molar-refractivity contribution in [1.82, 2.24) is 4.98 Å². The minimum Gasteiger partial charge on any atom is -0.495 e. The lowest BCUT2D eigenvalue weighted by molar-refractivity contribution is 0.0697. The third kappa shape index (κ3) is 3.69. The molecule has 7 nitrogen and oxygen atoms in total. The molecular weight excluding hydrogens is 294 g/mol. The number of anilines is 2. The van der Waals surface area contributed by atoms with Crippen LogP contribution in [-0.4, -0.2) is 29.2 Å². The smallest absolute Gasteiger partial charge is 0.335 e. The summed E-state index contributed by atoms with van der Waals surface area (Å²) in [5.41, 5.74) is 0.319. The van der Waals surface area contributed by atoms with E-state index in [9.17, 15) is 9.59 Å². The molecule has 0 bridgehead atoms. The number of thiazole rings is 1. The van der Waals surface area contributed by atoms with Crippen LogP contribution < -0.4 is 15.4 Å². The van der Waals surface area contributed by atoms with E-state index in [0.29, 0.717) is 10.9 Å². The number of nitrogens with zero attached hydrogens (tertiary/aromatic N) is 1. The van der Waals surface area contributed by atoms with Crippen LogP contribution in [-0.2, 0) is 0 Å². The number of carboxylic acids is 1. The number of ether oxygens (including phenoxy) is 1. The van der Waals surface area contributed by atoms with Gasteiger partial charge in [0.05, 0.1) is 18.4 Å². The number of carbonyl (C=O) groups is 2. The van der Waals surface area contributed by atoms with Gasteiger partial charge in [-0.15, -0.1) is 11.3 Å². The Labute approximate surface area is 124 Å². The Morgan fingerprint density at radius 3 is 2.67 bits per heavy atom. The standard InChI is InChI=1S/C13H13N3O4S/c1-7-6-14-13(21-7)16-12(19)15-9-5-8(11(17)18)3-4-10(9)20-2/h3-6H,1-2H3,(H,17,18)(H2,14,15,16,19). The first-order valence-corrected chi connectivity index (χ1v) is 6.73. The van der Waals surface area contributed by atoms with Crippen molar-refractivity contribution in [2.75, 3.05) is 17.7 Å². The number of rotatable bonds is 4. The second-order valence-corrected chi connectivity index (χ2v) is 5.31. The first-order chi connectivity index (χ1) is 9.99. The maximum atomic E-state index is 11.9. The molecule has 0 saturated heterocycles. The molecule has 0 aliphatic heterocycles. The summed E-state index contributed by atoms with van der Waals surface area (Å²) in [5.74, 6) is -0.720. The average Bonchev–Trinajstić information content (AvgIpc) is 2.83. The van der Waals surface area contributed by atoms with E-state index in [1.807, 2.05) is 6.92 Å². The third-order valence-corrected chi connectivity index (χ3v) is 3.36. The van der Waals surface area contributed by atoms with Crippen LogP contribution in [0.1, 0.15) is 15.2 Å². The monoisotopic (exact) mass is 307 g/mol. The molecule has 110 valence electrons. The van der Waals surface area contributed by atoms with Crippen LogP contribution >= 0.6 is 11.3 Å². The van der Waals surface area contributed by atoms with E-state index in [4.69, 9.17) is 9.84 Å². The summed E-state index contributed by atoms with van der Waals surface area (Å²) >= 11 is 1.34. The summed E-state index contributed by atoms with van der Waals surface area (Å²) in [6.45, 7) is 1.88. The average molecular weight is 307 g/mol. The van der Waals surface area contributed by atoms with Gasteiger partial charge in [-0.2, -0.15) is 0 Å². The molecule has 1 heterocycles. The van der Waals surface area contributed by atoms with Crippen molar-refractivity contribution in [3.8, 4) is 5.75 Å². The molecule has 8 heteroatoms. The molecule has 1 aromatic heterocycles. The highest BCUT2D eigenvalue weighted by atomic mass is 32.1. The number of benzene rings is 1. The fourth-order valence-electron chi connectivity index (χ4n) is 1.60. The van der Waals surface area contributed by atoms with Gasteiger partial charge in [-0.1, -0.05) is 0 Å². The van der Waals surface area contributed by atoms with E-state index in [2.05, 4.69) is 15.6 Å². The van der Waals surface area contributed by atoms with E-state index < -0.39 is 12.0 Å². The number of aromatic nitrogens is 1. The molecule has 21 heavy (non-hydrogen) atoms. The van der Waals surface area contributed by atoms with Gasteiger partial charge in [-0.3, -0.25) is 5.32 Å². The van der Waals surface area contributed by atoms with Crippen molar-refractivity contribution in [1.29, 1.82) is 0 Å². The van der Waals surface area contributed by atoms with Crippen molar-refractivity contribution in [3.05, 3.63) is 34.8 Å². The van der Waals surface area contributed by atoms with Gasteiger partial charge in [-0.25, -0.2) is 14.6 Å². The second kappa shape index (κ2) is 6.23. The molecule has 0 aliphatic rings. The number of aryl methyl sites for hydroxylation is 1. The molecule has 0 spiro atoms. The molecule has 0 radical (unpaired) electrons. The van der Waals surface area contributed by atoms with Crippen LogP contribution in [0.15, 0.2) is 24.4 Å². The molecule has 2 aromatic rings. The number of hydrogen-bond acceptors (Lipinski definition) is 5. The van der Waals surface area contributed by atoms with Gasteiger partial charge in [-0.05, 0) is 25.1 Å². The Kier molecular flexibility index (Phi) is 4.39. The lowest BCUT2D eigenvalue weighted by atomic mass is 10.2. The maximum Gasteiger partial charge on any atom is 0.335 e. The number of carboxylic acid groups (broad SMARTS) is 1. The molecular formula is C13H13N3O4S. The number of aromatic carboxylic acids is 1. The Morgan fingerprint density at radius 1 is 1.33 bits per heavy atom. The number of amides is 2. The van der Waals surface area contributed by atoms with Crippen LogP contribution in [0.3, 0.4) is 0 Å². The number of hydrogen-bond donors (Lipinski definition) is 3. The van der Waals surface area contributed by atoms with Crippen LogP contribution in [0, 0.1) is 6.92 Å². The normalized spacial score (nSPS) is 10.0. The van der Waals surface area contributed by atoms with E-state index in [1.165, 1.54) is 36.6 Å². The third-order valence-electron chi connectivity index (χ3n) is 2.54. The highest BCUT2D eigenvalue weighted by molar-refractivity contribution is 7.15. The summed E-state index contributed by atoms with van der Waals surface area (Å²) in [6.07, 6.45) is 1.64. The van der Waals surface area contributed by atoms with Gasteiger partial charge in [0.15, 0.2) is 5.13 Å². The Balaban J connectivity index is 2.15. The van der Waals surface area contributed by atoms with Crippen molar-refractivity contribution in [2.45, 2.75) is 6.92 Å². The largest absolute Gasteiger partial charge is 0.495 e. The predicted octanol–water partition coefficient (Wildman–Crippen LogP) is 2.80. The van der Waals surface area contributed by atoms with Crippen LogP contribution in [0.5, 0.6) is 5.75 Å². The fraction of sp³-hybridized carbons (Fsp3) is 0.154. The van der Waals surface area contributed by atoms with Crippen molar-refractivity contribution in [3.63, 3.8) is 0 Å². The van der Waals surface area contributed by atoms with E-state index >= 15 is 0 Å². The second-order valence-electron chi connectivity index (χ2n) is 4.08. The quantitative estimate of drug-likeness (QED) is 0.806. The van der Waals surface area contributed by atoms with E-state index in [0.717, 1.165) is 4.88 Å². The van der Waals surface area contributed by atoms with Crippen LogP contribution in [0.2, 0.25) is 0 Å². The zero-order chi connectivity index (χ0) is 15.4. The Hall–Kier alpha value is -2.61. The van der Waals surface area contributed by atoms with Gasteiger partial charge in [0.1, 0.15) is 5.75 Å². The summed E-state index contributed by atoms with van der Waals surface area (Å²) in [6, 6.07) is 3.68. The van der Waals surface area contributed by atoms with Gasteiger partial charge in [0, 0.05) is 11.1 Å². The topological polar surface area (TPSA) is 101 Å². The number of methoxy groups -OCH3 is 1. The molecule has 0 fully saturated rings. The first kappa shape index (κ1) is 14.8.